The molecule has 2 aromatic heterocycles. The van der Waals surface area contributed by atoms with E-state index in [1.165, 1.54) is 21.7 Å². The van der Waals surface area contributed by atoms with Gasteiger partial charge in [0.05, 0.1) is 5.69 Å². The van der Waals surface area contributed by atoms with Gasteiger partial charge in [-0.3, -0.25) is 0 Å². The van der Waals surface area contributed by atoms with Crippen LogP contribution in [0.25, 0.3) is 49.8 Å². The number of hydrogen-bond donors (Lipinski definition) is 0. The minimum atomic E-state index is 0.889. The van der Waals surface area contributed by atoms with Crippen LogP contribution in [0.1, 0.15) is 17.7 Å². The van der Waals surface area contributed by atoms with Crippen LogP contribution in [0.5, 0.6) is 0 Å². The molecule has 0 saturated carbocycles. The Morgan fingerprint density at radius 2 is 1.46 bits per heavy atom. The van der Waals surface area contributed by atoms with E-state index in [1.807, 2.05) is 0 Å². The summed E-state index contributed by atoms with van der Waals surface area (Å²) in [4.78, 5) is 2.30. The zero-order chi connectivity index (χ0) is 24.3. The lowest BCUT2D eigenvalue weighted by Crippen LogP contribution is -2.10. The van der Waals surface area contributed by atoms with Gasteiger partial charge in [0.1, 0.15) is 16.9 Å². The number of allylic oxidation sites excluding steroid dienone is 1. The molecule has 0 spiro atoms. The largest absolute Gasteiger partial charge is 0.456 e. The molecule has 5 aromatic carbocycles. The molecule has 1 aliphatic rings. The molecule has 8 rings (SSSR count). The van der Waals surface area contributed by atoms with Gasteiger partial charge in [-0.15, -0.1) is 0 Å². The Morgan fingerprint density at radius 1 is 0.622 bits per heavy atom. The zero-order valence-corrected chi connectivity index (χ0v) is 20.1. The smallest absolute Gasteiger partial charge is 0.159 e. The van der Waals surface area contributed by atoms with Crippen molar-refractivity contribution in [2.75, 3.05) is 4.90 Å². The fourth-order valence-electron chi connectivity index (χ4n) is 5.84. The highest BCUT2D eigenvalue weighted by atomic mass is 16.3. The third kappa shape index (κ3) is 3.07. The predicted molar refractivity (Wildman–Crippen MR) is 153 cm³/mol. The Labute approximate surface area is 213 Å². The molecule has 0 N–H and O–H groups in total. The molecule has 0 amide bonds. The number of fused-ring (bicyclic) bond motifs is 8. The molecule has 0 saturated heterocycles. The van der Waals surface area contributed by atoms with Crippen molar-refractivity contribution < 1.29 is 8.83 Å². The molecule has 0 fully saturated rings. The molecular weight excluding hydrogens is 454 g/mol. The predicted octanol–water partition coefficient (Wildman–Crippen LogP) is 9.91. The summed E-state index contributed by atoms with van der Waals surface area (Å²) in [6.07, 6.45) is 6.37. The Hall–Kier alpha value is -4.76. The number of benzene rings is 5. The van der Waals surface area contributed by atoms with Crippen LogP contribution >= 0.6 is 0 Å². The Kier molecular flexibility index (Phi) is 4.35. The third-order valence-electron chi connectivity index (χ3n) is 7.52. The van der Waals surface area contributed by atoms with Gasteiger partial charge in [0.25, 0.3) is 0 Å². The second-order valence-corrected chi connectivity index (χ2v) is 9.65. The van der Waals surface area contributed by atoms with Crippen LogP contribution in [0.3, 0.4) is 0 Å². The van der Waals surface area contributed by atoms with Crippen molar-refractivity contribution >= 4 is 66.8 Å². The van der Waals surface area contributed by atoms with E-state index in [0.29, 0.717) is 0 Å². The standard InChI is InChI=1S/C34H23NO2/c1-2-10-23(11-3-1)35(29-15-8-14-27-26-13-6-7-16-30(26)37-34(27)29)24-18-20-31-28(21-24)33-25-12-5-4-9-22(25)17-19-32(33)36-31/h1-5,7-12,14-21H,6,13H2. The molecule has 0 bridgehead atoms. The fourth-order valence-corrected chi connectivity index (χ4v) is 5.84. The molecule has 1 aliphatic carbocycles. The molecular formula is C34H23NO2. The fraction of sp³-hybridized carbons (Fsp3) is 0.0588. The first-order valence-corrected chi connectivity index (χ1v) is 12.8. The van der Waals surface area contributed by atoms with Crippen molar-refractivity contribution in [1.29, 1.82) is 0 Å². The lowest BCUT2D eigenvalue weighted by molar-refractivity contribution is 0.596. The summed E-state index contributed by atoms with van der Waals surface area (Å²) in [5, 5.41) is 5.87. The van der Waals surface area contributed by atoms with Crippen LogP contribution < -0.4 is 4.90 Å². The number of anilines is 3. The van der Waals surface area contributed by atoms with E-state index < -0.39 is 0 Å². The molecule has 0 aliphatic heterocycles. The van der Waals surface area contributed by atoms with E-state index in [1.54, 1.807) is 0 Å². The summed E-state index contributed by atoms with van der Waals surface area (Å²) >= 11 is 0. The number of aryl methyl sites for hydroxylation is 1. The number of rotatable bonds is 3. The van der Waals surface area contributed by atoms with E-state index in [4.69, 9.17) is 8.83 Å². The molecule has 0 atom stereocenters. The number of furan rings is 2. The molecule has 0 radical (unpaired) electrons. The average Bonchev–Trinajstić information content (AvgIpc) is 3.53. The Morgan fingerprint density at radius 3 is 2.41 bits per heavy atom. The van der Waals surface area contributed by atoms with Gasteiger partial charge in [0, 0.05) is 33.1 Å². The number of para-hydroxylation sites is 2. The summed E-state index contributed by atoms with van der Waals surface area (Å²) in [5.41, 5.74) is 7.19. The van der Waals surface area contributed by atoms with Gasteiger partial charge in [0.2, 0.25) is 0 Å². The van der Waals surface area contributed by atoms with Crippen LogP contribution in [0.2, 0.25) is 0 Å². The molecule has 0 unspecified atom stereocenters. The molecule has 37 heavy (non-hydrogen) atoms. The Bertz CT molecular complexity index is 1990. The first-order chi connectivity index (χ1) is 18.3. The van der Waals surface area contributed by atoms with Crippen LogP contribution in [-0.4, -0.2) is 0 Å². The summed E-state index contributed by atoms with van der Waals surface area (Å²) in [5.74, 6) is 0.976. The molecule has 2 heterocycles. The van der Waals surface area contributed by atoms with Crippen molar-refractivity contribution in [1.82, 2.24) is 0 Å². The van der Waals surface area contributed by atoms with Crippen molar-refractivity contribution in [2.45, 2.75) is 12.8 Å². The molecule has 3 heteroatoms. The number of nitrogens with zero attached hydrogens (tertiary/aromatic N) is 1. The van der Waals surface area contributed by atoms with Crippen LogP contribution in [0.15, 0.2) is 118 Å². The lowest BCUT2D eigenvalue weighted by Gasteiger charge is -2.25. The van der Waals surface area contributed by atoms with Gasteiger partial charge >= 0.3 is 0 Å². The second kappa shape index (κ2) is 7.87. The van der Waals surface area contributed by atoms with Gasteiger partial charge in [-0.1, -0.05) is 66.7 Å². The van der Waals surface area contributed by atoms with Crippen LogP contribution in [-0.2, 0) is 6.42 Å². The maximum Gasteiger partial charge on any atom is 0.159 e. The third-order valence-corrected chi connectivity index (χ3v) is 7.52. The maximum absolute atomic E-state index is 6.50. The summed E-state index contributed by atoms with van der Waals surface area (Å²) in [6.45, 7) is 0. The Balaban J connectivity index is 1.42. The van der Waals surface area contributed by atoms with E-state index in [0.717, 1.165) is 63.2 Å². The van der Waals surface area contributed by atoms with Crippen molar-refractivity contribution in [2.24, 2.45) is 0 Å². The minimum absolute atomic E-state index is 0.889. The average molecular weight is 478 g/mol. The SMILES string of the molecule is C1=Cc2oc3c(N(c4ccccc4)c4ccc5oc6ccc7ccccc7c6c5c4)cccc3c2CC1. The molecule has 176 valence electrons. The van der Waals surface area contributed by atoms with Gasteiger partial charge in [-0.05, 0) is 72.2 Å². The van der Waals surface area contributed by atoms with Crippen molar-refractivity contribution in [3.63, 3.8) is 0 Å². The van der Waals surface area contributed by atoms with E-state index in [-0.39, 0.29) is 0 Å². The monoisotopic (exact) mass is 477 g/mol. The second-order valence-electron chi connectivity index (χ2n) is 9.65. The van der Waals surface area contributed by atoms with E-state index >= 15 is 0 Å². The number of hydrogen-bond acceptors (Lipinski definition) is 3. The first-order valence-electron chi connectivity index (χ1n) is 12.8. The van der Waals surface area contributed by atoms with Crippen LogP contribution in [0, 0.1) is 0 Å². The van der Waals surface area contributed by atoms with Gasteiger partial charge in [0.15, 0.2) is 5.58 Å². The van der Waals surface area contributed by atoms with Crippen LogP contribution in [0.4, 0.5) is 17.1 Å². The topological polar surface area (TPSA) is 29.5 Å². The first kappa shape index (κ1) is 20.4. The highest BCUT2D eigenvalue weighted by Crippen LogP contribution is 2.44. The van der Waals surface area contributed by atoms with E-state index in [9.17, 15) is 0 Å². The lowest BCUT2D eigenvalue weighted by atomic mass is 10.0. The minimum Gasteiger partial charge on any atom is -0.456 e. The zero-order valence-electron chi connectivity index (χ0n) is 20.1. The van der Waals surface area contributed by atoms with Gasteiger partial charge in [-0.25, -0.2) is 0 Å². The highest BCUT2D eigenvalue weighted by Gasteiger charge is 2.22. The summed E-state index contributed by atoms with van der Waals surface area (Å²) < 4.78 is 12.8. The van der Waals surface area contributed by atoms with Crippen molar-refractivity contribution in [3.8, 4) is 0 Å². The maximum atomic E-state index is 6.50. The quantitative estimate of drug-likeness (QED) is 0.254. The highest BCUT2D eigenvalue weighted by molar-refractivity contribution is 6.19. The van der Waals surface area contributed by atoms with Gasteiger partial charge in [-0.2, -0.15) is 0 Å². The van der Waals surface area contributed by atoms with E-state index in [2.05, 4.69) is 120 Å². The molecule has 7 aromatic rings. The summed E-state index contributed by atoms with van der Waals surface area (Å²) in [7, 11) is 0. The molecule has 3 nitrogen and oxygen atoms in total. The van der Waals surface area contributed by atoms with Crippen molar-refractivity contribution in [3.05, 3.63) is 121 Å². The normalized spacial score (nSPS) is 13.1. The van der Waals surface area contributed by atoms with Gasteiger partial charge < -0.3 is 13.7 Å². The summed E-state index contributed by atoms with van der Waals surface area (Å²) in [6, 6.07) is 36.2.